The Hall–Kier alpha value is -2.47. The summed E-state index contributed by atoms with van der Waals surface area (Å²) in [6, 6.07) is 8.44. The monoisotopic (exact) mass is 324 g/mol. The highest BCUT2D eigenvalue weighted by atomic mass is 35.5. The number of nitrogens with zero attached hydrogens (tertiary/aromatic N) is 1. The molecule has 0 unspecified atom stereocenters. The van der Waals surface area contributed by atoms with Gasteiger partial charge in [-0.25, -0.2) is 13.6 Å². The lowest BCUT2D eigenvalue weighted by Crippen LogP contribution is -2.41. The predicted molar refractivity (Wildman–Crippen MR) is 79.1 cm³/mol. The molecule has 0 fully saturated rings. The lowest BCUT2D eigenvalue weighted by Gasteiger charge is -2.17. The SMILES string of the molecule is CN(C(=O)NC(=O)c1c(F)cccc1F)c1ccc(Cl)cc1. The van der Waals surface area contributed by atoms with Gasteiger partial charge in [0.15, 0.2) is 0 Å². The number of carbonyl (C=O) groups is 2. The highest BCUT2D eigenvalue weighted by molar-refractivity contribution is 6.30. The predicted octanol–water partition coefficient (Wildman–Crippen LogP) is 3.60. The molecule has 2 aromatic rings. The summed E-state index contributed by atoms with van der Waals surface area (Å²) < 4.78 is 27.0. The highest BCUT2D eigenvalue weighted by Crippen LogP contribution is 2.17. The standard InChI is InChI=1S/C15H11ClF2N2O2/c1-20(10-7-5-9(16)6-8-10)15(22)19-14(21)13-11(17)3-2-4-12(13)18/h2-8H,1H3,(H,19,21,22). The number of urea groups is 1. The normalized spacial score (nSPS) is 10.2. The Morgan fingerprint density at radius 2 is 1.59 bits per heavy atom. The van der Waals surface area contributed by atoms with Crippen LogP contribution in [-0.4, -0.2) is 19.0 Å². The molecule has 2 aromatic carbocycles. The van der Waals surface area contributed by atoms with Crippen molar-refractivity contribution in [2.45, 2.75) is 0 Å². The van der Waals surface area contributed by atoms with Crippen molar-refractivity contribution in [1.82, 2.24) is 5.32 Å². The van der Waals surface area contributed by atoms with Crippen molar-refractivity contribution >= 4 is 29.2 Å². The largest absolute Gasteiger partial charge is 0.328 e. The van der Waals surface area contributed by atoms with Crippen LogP contribution in [0.25, 0.3) is 0 Å². The van der Waals surface area contributed by atoms with Gasteiger partial charge in [-0.3, -0.25) is 15.0 Å². The summed E-state index contributed by atoms with van der Waals surface area (Å²) in [6.45, 7) is 0. The molecule has 4 nitrogen and oxygen atoms in total. The maximum absolute atomic E-state index is 13.5. The molecule has 1 N–H and O–H groups in total. The fourth-order valence-electron chi connectivity index (χ4n) is 1.74. The van der Waals surface area contributed by atoms with Crippen LogP contribution in [-0.2, 0) is 0 Å². The summed E-state index contributed by atoms with van der Waals surface area (Å²) in [4.78, 5) is 24.9. The topological polar surface area (TPSA) is 49.4 Å². The number of imide groups is 1. The third kappa shape index (κ3) is 3.40. The van der Waals surface area contributed by atoms with Crippen LogP contribution in [0.15, 0.2) is 42.5 Å². The van der Waals surface area contributed by atoms with Crippen LogP contribution in [0.5, 0.6) is 0 Å². The lowest BCUT2D eigenvalue weighted by atomic mass is 10.2. The van der Waals surface area contributed by atoms with Crippen molar-refractivity contribution in [3.63, 3.8) is 0 Å². The van der Waals surface area contributed by atoms with E-state index < -0.39 is 29.1 Å². The van der Waals surface area contributed by atoms with Crippen molar-refractivity contribution < 1.29 is 18.4 Å². The van der Waals surface area contributed by atoms with Gasteiger partial charge in [0.05, 0.1) is 0 Å². The molecule has 3 amide bonds. The van der Waals surface area contributed by atoms with Crippen molar-refractivity contribution in [3.8, 4) is 0 Å². The molecule has 7 heteroatoms. The molecule has 114 valence electrons. The van der Waals surface area contributed by atoms with Crippen LogP contribution in [0.3, 0.4) is 0 Å². The van der Waals surface area contributed by atoms with Crippen molar-refractivity contribution in [3.05, 3.63) is 64.7 Å². The molecule has 0 aromatic heterocycles. The molecule has 0 aliphatic heterocycles. The molecule has 0 atom stereocenters. The van der Waals surface area contributed by atoms with E-state index in [0.29, 0.717) is 10.7 Å². The first-order chi connectivity index (χ1) is 10.4. The lowest BCUT2D eigenvalue weighted by molar-refractivity contribution is 0.0957. The van der Waals surface area contributed by atoms with Gasteiger partial charge in [0, 0.05) is 17.8 Å². The van der Waals surface area contributed by atoms with Gasteiger partial charge in [0.1, 0.15) is 17.2 Å². The summed E-state index contributed by atoms with van der Waals surface area (Å²) in [5, 5.41) is 2.41. The molecule has 0 radical (unpaired) electrons. The summed E-state index contributed by atoms with van der Waals surface area (Å²) in [5.74, 6) is -3.24. The number of halogens is 3. The fourth-order valence-corrected chi connectivity index (χ4v) is 1.87. The van der Waals surface area contributed by atoms with Gasteiger partial charge >= 0.3 is 6.03 Å². The summed E-state index contributed by atoms with van der Waals surface area (Å²) >= 11 is 5.74. The van der Waals surface area contributed by atoms with E-state index in [9.17, 15) is 18.4 Å². The minimum absolute atomic E-state index is 0.462. The second-order valence-corrected chi connectivity index (χ2v) is 4.83. The highest BCUT2D eigenvalue weighted by Gasteiger charge is 2.21. The Labute approximate surface area is 130 Å². The zero-order valence-electron chi connectivity index (χ0n) is 11.4. The van der Waals surface area contributed by atoms with Crippen LogP contribution in [0.4, 0.5) is 19.3 Å². The molecule has 0 saturated carbocycles. The van der Waals surface area contributed by atoms with Crippen LogP contribution in [0.1, 0.15) is 10.4 Å². The van der Waals surface area contributed by atoms with Gasteiger partial charge in [-0.05, 0) is 36.4 Å². The summed E-state index contributed by atoms with van der Waals surface area (Å²) in [7, 11) is 1.41. The number of nitrogens with one attached hydrogen (secondary N) is 1. The molecule has 22 heavy (non-hydrogen) atoms. The number of amides is 3. The van der Waals surface area contributed by atoms with Gasteiger partial charge in [-0.1, -0.05) is 17.7 Å². The van der Waals surface area contributed by atoms with E-state index >= 15 is 0 Å². The molecular formula is C15H11ClF2N2O2. The zero-order valence-corrected chi connectivity index (χ0v) is 12.2. The van der Waals surface area contributed by atoms with E-state index in [0.717, 1.165) is 23.1 Å². The Morgan fingerprint density at radius 3 is 2.14 bits per heavy atom. The second kappa shape index (κ2) is 6.53. The van der Waals surface area contributed by atoms with Crippen LogP contribution in [0, 0.1) is 11.6 Å². The maximum atomic E-state index is 13.5. The third-order valence-electron chi connectivity index (χ3n) is 2.93. The fraction of sp³-hybridized carbons (Fsp3) is 0.0667. The van der Waals surface area contributed by atoms with E-state index in [1.54, 1.807) is 24.3 Å². The second-order valence-electron chi connectivity index (χ2n) is 4.39. The Kier molecular flexibility index (Phi) is 4.72. The van der Waals surface area contributed by atoms with E-state index in [2.05, 4.69) is 0 Å². The van der Waals surface area contributed by atoms with Crippen LogP contribution < -0.4 is 10.2 Å². The summed E-state index contributed by atoms with van der Waals surface area (Å²) in [5.41, 5.74) is -0.343. The number of hydrogen-bond donors (Lipinski definition) is 1. The van der Waals surface area contributed by atoms with Gasteiger partial charge in [-0.15, -0.1) is 0 Å². The Balaban J connectivity index is 2.14. The number of rotatable bonds is 2. The quantitative estimate of drug-likeness (QED) is 0.917. The number of anilines is 1. The average molecular weight is 325 g/mol. The van der Waals surface area contributed by atoms with Gasteiger partial charge < -0.3 is 0 Å². The zero-order chi connectivity index (χ0) is 16.3. The van der Waals surface area contributed by atoms with Crippen LogP contribution in [0.2, 0.25) is 5.02 Å². The molecule has 0 aliphatic rings. The van der Waals surface area contributed by atoms with Crippen molar-refractivity contribution in [2.24, 2.45) is 0 Å². The third-order valence-corrected chi connectivity index (χ3v) is 3.18. The number of hydrogen-bond acceptors (Lipinski definition) is 2. The van der Waals surface area contributed by atoms with E-state index in [1.165, 1.54) is 7.05 Å². The average Bonchev–Trinajstić information content (AvgIpc) is 2.47. The first-order valence-electron chi connectivity index (χ1n) is 6.19. The van der Waals surface area contributed by atoms with E-state index in [-0.39, 0.29) is 0 Å². The minimum atomic E-state index is -1.15. The van der Waals surface area contributed by atoms with Crippen molar-refractivity contribution in [1.29, 1.82) is 0 Å². The molecule has 0 heterocycles. The molecule has 0 saturated heterocycles. The smallest absolute Gasteiger partial charge is 0.297 e. The molecule has 0 aliphatic carbocycles. The Morgan fingerprint density at radius 1 is 1.05 bits per heavy atom. The van der Waals surface area contributed by atoms with Gasteiger partial charge in [-0.2, -0.15) is 0 Å². The first kappa shape index (κ1) is 15.9. The van der Waals surface area contributed by atoms with E-state index in [4.69, 9.17) is 11.6 Å². The minimum Gasteiger partial charge on any atom is -0.297 e. The first-order valence-corrected chi connectivity index (χ1v) is 6.56. The van der Waals surface area contributed by atoms with Crippen molar-refractivity contribution in [2.75, 3.05) is 11.9 Å². The molecule has 0 spiro atoms. The molecular weight excluding hydrogens is 314 g/mol. The Bertz CT molecular complexity index is 700. The summed E-state index contributed by atoms with van der Waals surface area (Å²) in [6.07, 6.45) is 0. The molecule has 2 rings (SSSR count). The number of carbonyl (C=O) groups excluding carboxylic acids is 2. The van der Waals surface area contributed by atoms with E-state index in [1.807, 2.05) is 5.32 Å². The number of benzene rings is 2. The maximum Gasteiger partial charge on any atom is 0.328 e. The molecule has 0 bridgehead atoms. The van der Waals surface area contributed by atoms with Crippen LogP contribution >= 0.6 is 11.6 Å². The van der Waals surface area contributed by atoms with Gasteiger partial charge in [0.25, 0.3) is 5.91 Å². The van der Waals surface area contributed by atoms with Gasteiger partial charge in [0.2, 0.25) is 0 Å².